The minimum atomic E-state index is -4.06. The van der Waals surface area contributed by atoms with E-state index in [9.17, 15) is 13.0 Å². The molecule has 0 spiro atoms. The van der Waals surface area contributed by atoms with Gasteiger partial charge in [-0.15, -0.1) is 0 Å². The van der Waals surface area contributed by atoms with E-state index < -0.39 is 22.6 Å². The summed E-state index contributed by atoms with van der Waals surface area (Å²) in [5, 5.41) is -0.700. The van der Waals surface area contributed by atoms with Crippen LogP contribution < -0.4 is 0 Å². The van der Waals surface area contributed by atoms with Crippen LogP contribution in [0.3, 0.4) is 0 Å². The molecule has 0 aliphatic rings. The van der Waals surface area contributed by atoms with Gasteiger partial charge < -0.3 is 0 Å². The molecule has 0 fully saturated rings. The Morgan fingerprint density at radius 3 is 1.79 bits per heavy atom. The Bertz CT molecular complexity index is 661. The van der Waals surface area contributed by atoms with Gasteiger partial charge in [0.15, 0.2) is 0 Å². The van der Waals surface area contributed by atoms with E-state index in [4.69, 9.17) is 0 Å². The van der Waals surface area contributed by atoms with Crippen LogP contribution in [-0.4, -0.2) is 42.9 Å². The molecule has 0 aliphatic heterocycles. The van der Waals surface area contributed by atoms with Crippen molar-refractivity contribution in [3.63, 3.8) is 0 Å². The van der Waals surface area contributed by atoms with E-state index in [0.29, 0.717) is 12.8 Å². The van der Waals surface area contributed by atoms with E-state index in [1.807, 2.05) is 24.3 Å². The third kappa shape index (κ3) is 9.77. The van der Waals surface area contributed by atoms with Gasteiger partial charge in [-0.3, -0.25) is 0 Å². The van der Waals surface area contributed by atoms with Crippen molar-refractivity contribution in [2.24, 2.45) is 0 Å². The monoisotopic (exact) mass is 442 g/mol. The number of unbranched alkanes of at least 4 members (excludes halogenated alkanes) is 3. The Kier molecular flexibility index (Phi) is 12.3. The van der Waals surface area contributed by atoms with Gasteiger partial charge in [-0.25, -0.2) is 0 Å². The average molecular weight is 443 g/mol. The summed E-state index contributed by atoms with van der Waals surface area (Å²) in [4.78, 5) is 0. The quantitative estimate of drug-likeness (QED) is 0.230. The van der Waals surface area contributed by atoms with Gasteiger partial charge in [0.25, 0.3) is 0 Å². The molecule has 1 aromatic rings. The van der Waals surface area contributed by atoms with E-state index in [-0.39, 0.29) is 0 Å². The van der Waals surface area contributed by atoms with Gasteiger partial charge in [-0.05, 0) is 0 Å². The summed E-state index contributed by atoms with van der Waals surface area (Å²) < 4.78 is 34.3. The molecule has 3 nitrogen and oxygen atoms in total. The minimum absolute atomic E-state index is 0.385. The Labute approximate surface area is 180 Å². The molecule has 0 aromatic heterocycles. The van der Waals surface area contributed by atoms with Crippen LogP contribution in [0.4, 0.5) is 0 Å². The third-order valence-electron chi connectivity index (χ3n) is 6.28. The van der Waals surface area contributed by atoms with E-state index in [1.54, 1.807) is 6.08 Å². The molecular formula is C24H43O3PS. The van der Waals surface area contributed by atoms with Crippen LogP contribution in [0.15, 0.2) is 30.8 Å². The summed E-state index contributed by atoms with van der Waals surface area (Å²) in [5.41, 5.74) is 1.98. The summed E-state index contributed by atoms with van der Waals surface area (Å²) in [5.74, 6) is 0. The zero-order chi connectivity index (χ0) is 21.8. The summed E-state index contributed by atoms with van der Waals surface area (Å²) in [6.45, 7) is 10.5. The molecule has 1 atom stereocenters. The summed E-state index contributed by atoms with van der Waals surface area (Å²) in [6, 6.07) is 7.80. The molecule has 0 saturated heterocycles. The van der Waals surface area contributed by atoms with Crippen LogP contribution in [-0.2, 0) is 16.5 Å². The van der Waals surface area contributed by atoms with Gasteiger partial charge in [0, 0.05) is 0 Å². The van der Waals surface area contributed by atoms with Crippen LogP contribution >= 0.6 is 7.26 Å². The molecule has 0 amide bonds. The van der Waals surface area contributed by atoms with Crippen molar-refractivity contribution in [2.45, 2.75) is 77.4 Å². The van der Waals surface area contributed by atoms with Crippen LogP contribution in [0, 0.1) is 0 Å². The predicted molar refractivity (Wildman–Crippen MR) is 133 cm³/mol. The SMILES string of the molecule is C=Cc1ccc(CC(CC[PH](CCCC)(CCCC)CCCC)S(=O)(=O)O)cc1. The standard InChI is InChI=1S/C24H43O3PS/c1-5-9-17-28(18-10-6-2,19-11-7-3)20-16-24(29(25,26)27)21-23-14-12-22(8-4)13-15-23/h8,12-15,24,28H,4-7,9-11,16-21H2,1-3H3,(H,25,26,27). The first kappa shape index (κ1) is 26.3. The summed E-state index contributed by atoms with van der Waals surface area (Å²) >= 11 is 0. The molecule has 0 saturated carbocycles. The Balaban J connectivity index is 2.98. The van der Waals surface area contributed by atoms with Crippen molar-refractivity contribution in [1.29, 1.82) is 0 Å². The van der Waals surface area contributed by atoms with Crippen LogP contribution in [0.1, 0.15) is 76.8 Å². The van der Waals surface area contributed by atoms with Crippen molar-refractivity contribution in [1.82, 2.24) is 0 Å². The molecule has 29 heavy (non-hydrogen) atoms. The first-order chi connectivity index (χ1) is 13.8. The molecular weight excluding hydrogens is 399 g/mol. The fourth-order valence-electron chi connectivity index (χ4n) is 4.28. The van der Waals surface area contributed by atoms with Crippen molar-refractivity contribution in [3.8, 4) is 0 Å². The van der Waals surface area contributed by atoms with E-state index in [1.165, 1.54) is 57.0 Å². The van der Waals surface area contributed by atoms with E-state index >= 15 is 0 Å². The van der Waals surface area contributed by atoms with Crippen LogP contribution in [0.5, 0.6) is 0 Å². The second kappa shape index (κ2) is 13.6. The molecule has 0 bridgehead atoms. The fourth-order valence-corrected chi connectivity index (χ4v) is 11.1. The van der Waals surface area contributed by atoms with Gasteiger partial charge in [0.2, 0.25) is 0 Å². The van der Waals surface area contributed by atoms with E-state index in [0.717, 1.165) is 17.3 Å². The van der Waals surface area contributed by atoms with Gasteiger partial charge in [-0.2, -0.15) is 0 Å². The number of hydrogen-bond acceptors (Lipinski definition) is 2. The zero-order valence-electron chi connectivity index (χ0n) is 18.8. The molecule has 1 rings (SSSR count). The molecule has 0 radical (unpaired) electrons. The van der Waals surface area contributed by atoms with Crippen molar-refractivity contribution in [3.05, 3.63) is 42.0 Å². The second-order valence-corrected chi connectivity index (χ2v) is 15.3. The average Bonchev–Trinajstić information content (AvgIpc) is 2.71. The van der Waals surface area contributed by atoms with Gasteiger partial charge in [0.1, 0.15) is 0 Å². The molecule has 1 unspecified atom stereocenters. The van der Waals surface area contributed by atoms with Gasteiger partial charge in [-0.1, -0.05) is 0 Å². The zero-order valence-corrected chi connectivity index (χ0v) is 20.6. The first-order valence-corrected chi connectivity index (χ1v) is 15.8. The summed E-state index contributed by atoms with van der Waals surface area (Å²) in [7, 11) is -5.58. The first-order valence-electron chi connectivity index (χ1n) is 11.5. The van der Waals surface area contributed by atoms with Crippen LogP contribution in [0.2, 0.25) is 0 Å². The fraction of sp³-hybridized carbons (Fsp3) is 0.667. The molecule has 5 heteroatoms. The van der Waals surface area contributed by atoms with Crippen molar-refractivity contribution in [2.75, 3.05) is 24.6 Å². The third-order valence-corrected chi connectivity index (χ3v) is 13.1. The molecule has 168 valence electrons. The number of rotatable bonds is 16. The number of benzene rings is 1. The second-order valence-electron chi connectivity index (χ2n) is 8.64. The normalized spacial score (nSPS) is 13.9. The predicted octanol–water partition coefficient (Wildman–Crippen LogP) is 6.67. The molecule has 0 aliphatic carbocycles. The Morgan fingerprint density at radius 1 is 0.931 bits per heavy atom. The summed E-state index contributed by atoms with van der Waals surface area (Å²) in [6.07, 6.45) is 15.0. The van der Waals surface area contributed by atoms with E-state index in [2.05, 4.69) is 27.4 Å². The van der Waals surface area contributed by atoms with Crippen molar-refractivity contribution < 1.29 is 13.0 Å². The number of hydrogen-bond donors (Lipinski definition) is 1. The van der Waals surface area contributed by atoms with Crippen LogP contribution in [0.25, 0.3) is 6.08 Å². The topological polar surface area (TPSA) is 54.4 Å². The maximum atomic E-state index is 12.2. The molecule has 1 aromatic carbocycles. The van der Waals surface area contributed by atoms with Gasteiger partial charge >= 0.3 is 180 Å². The van der Waals surface area contributed by atoms with Crippen molar-refractivity contribution >= 4 is 23.5 Å². The Hall–Kier alpha value is -0.700. The van der Waals surface area contributed by atoms with Gasteiger partial charge in [0.05, 0.1) is 0 Å². The molecule has 1 N–H and O–H groups in total. The molecule has 0 heterocycles. The Morgan fingerprint density at radius 2 is 1.41 bits per heavy atom. The maximum absolute atomic E-state index is 12.2.